The molecule has 94 valence electrons. The number of carbonyl (C=O) groups excluding carboxylic acids is 1. The maximum absolute atomic E-state index is 12.5. The highest BCUT2D eigenvalue weighted by Crippen LogP contribution is 2.38. The van der Waals surface area contributed by atoms with E-state index in [-0.39, 0.29) is 11.0 Å². The molecule has 1 aliphatic heterocycles. The Morgan fingerprint density at radius 3 is 2.53 bits per heavy atom. The Kier molecular flexibility index (Phi) is 3.22. The van der Waals surface area contributed by atoms with Gasteiger partial charge in [-0.25, -0.2) is 0 Å². The van der Waals surface area contributed by atoms with Crippen LogP contribution in [-0.2, 0) is 0 Å². The molecule has 2 nitrogen and oxygen atoms in total. The van der Waals surface area contributed by atoms with Crippen LogP contribution >= 0.6 is 11.8 Å². The highest BCUT2D eigenvalue weighted by molar-refractivity contribution is 8.01. The van der Waals surface area contributed by atoms with E-state index >= 15 is 0 Å². The number of thioether (sulfide) groups is 1. The SMILES string of the molecule is CC1=Nc2ccccc2SC1C(=O)c1ccccc1. The number of rotatable bonds is 2. The van der Waals surface area contributed by atoms with E-state index in [2.05, 4.69) is 4.99 Å². The number of hydrogen-bond donors (Lipinski definition) is 0. The van der Waals surface area contributed by atoms with Gasteiger partial charge in [-0.05, 0) is 19.1 Å². The summed E-state index contributed by atoms with van der Waals surface area (Å²) in [5, 5.41) is -0.211. The summed E-state index contributed by atoms with van der Waals surface area (Å²) in [6.45, 7) is 1.93. The van der Waals surface area contributed by atoms with Crippen molar-refractivity contribution in [3.05, 3.63) is 60.2 Å². The van der Waals surface area contributed by atoms with E-state index in [0.29, 0.717) is 0 Å². The molecule has 1 atom stereocenters. The van der Waals surface area contributed by atoms with Crippen molar-refractivity contribution in [1.29, 1.82) is 0 Å². The van der Waals surface area contributed by atoms with E-state index in [1.165, 1.54) is 0 Å². The summed E-state index contributed by atoms with van der Waals surface area (Å²) in [7, 11) is 0. The second kappa shape index (κ2) is 5.02. The smallest absolute Gasteiger partial charge is 0.181 e. The van der Waals surface area contributed by atoms with Gasteiger partial charge in [0.2, 0.25) is 0 Å². The molecule has 0 aliphatic carbocycles. The van der Waals surface area contributed by atoms with E-state index < -0.39 is 0 Å². The molecule has 0 saturated carbocycles. The van der Waals surface area contributed by atoms with Crippen molar-refractivity contribution in [3.63, 3.8) is 0 Å². The zero-order chi connectivity index (χ0) is 13.2. The highest BCUT2D eigenvalue weighted by Gasteiger charge is 2.28. The zero-order valence-electron chi connectivity index (χ0n) is 10.5. The molecule has 1 aliphatic rings. The van der Waals surface area contributed by atoms with Crippen LogP contribution < -0.4 is 0 Å². The Morgan fingerprint density at radius 2 is 1.74 bits per heavy atom. The van der Waals surface area contributed by atoms with Gasteiger partial charge in [-0.3, -0.25) is 9.79 Å². The largest absolute Gasteiger partial charge is 0.292 e. The van der Waals surface area contributed by atoms with Gasteiger partial charge in [-0.15, -0.1) is 11.8 Å². The van der Waals surface area contributed by atoms with Crippen LogP contribution in [-0.4, -0.2) is 16.7 Å². The van der Waals surface area contributed by atoms with Crippen LogP contribution in [0.2, 0.25) is 0 Å². The predicted octanol–water partition coefficient (Wildman–Crippen LogP) is 4.14. The third-order valence-electron chi connectivity index (χ3n) is 3.08. The molecule has 0 spiro atoms. The number of hydrogen-bond acceptors (Lipinski definition) is 3. The van der Waals surface area contributed by atoms with Crippen molar-refractivity contribution in [2.45, 2.75) is 17.1 Å². The Bertz CT molecular complexity index is 649. The van der Waals surface area contributed by atoms with E-state index in [1.54, 1.807) is 11.8 Å². The van der Waals surface area contributed by atoms with Crippen LogP contribution in [0.4, 0.5) is 5.69 Å². The van der Waals surface area contributed by atoms with Crippen LogP contribution in [0.1, 0.15) is 17.3 Å². The molecule has 0 radical (unpaired) electrons. The molecule has 0 aromatic heterocycles. The molecule has 0 fully saturated rings. The number of ketones is 1. The average molecular weight is 267 g/mol. The molecule has 2 aromatic rings. The lowest BCUT2D eigenvalue weighted by molar-refractivity contribution is 0.100. The molecule has 0 N–H and O–H groups in total. The quantitative estimate of drug-likeness (QED) is 0.765. The third kappa shape index (κ3) is 2.34. The summed E-state index contributed by atoms with van der Waals surface area (Å²) >= 11 is 1.59. The van der Waals surface area contributed by atoms with Gasteiger partial charge in [0, 0.05) is 16.2 Å². The van der Waals surface area contributed by atoms with Gasteiger partial charge in [0.05, 0.1) is 5.69 Å². The molecule has 3 rings (SSSR count). The number of Topliss-reactive ketones (excluding diaryl/α,β-unsaturated/α-hetero) is 1. The second-order valence-corrected chi connectivity index (χ2v) is 5.60. The van der Waals surface area contributed by atoms with Gasteiger partial charge < -0.3 is 0 Å². The highest BCUT2D eigenvalue weighted by atomic mass is 32.2. The van der Waals surface area contributed by atoms with Gasteiger partial charge >= 0.3 is 0 Å². The standard InChI is InChI=1S/C16H13NOS/c1-11-16(15(18)12-7-3-2-4-8-12)19-14-10-6-5-9-13(14)17-11/h2-10,16H,1H3. The molecule has 0 bridgehead atoms. The average Bonchev–Trinajstić information content (AvgIpc) is 2.47. The lowest BCUT2D eigenvalue weighted by Crippen LogP contribution is -2.26. The minimum atomic E-state index is -0.211. The molecular formula is C16H13NOS. The fourth-order valence-electron chi connectivity index (χ4n) is 2.11. The van der Waals surface area contributed by atoms with Gasteiger partial charge in [-0.1, -0.05) is 42.5 Å². The van der Waals surface area contributed by atoms with Crippen molar-refractivity contribution in [2.24, 2.45) is 4.99 Å². The number of aliphatic imine (C=N–C) groups is 1. The summed E-state index contributed by atoms with van der Waals surface area (Å²) in [4.78, 5) is 18.1. The fraction of sp³-hybridized carbons (Fsp3) is 0.125. The maximum Gasteiger partial charge on any atom is 0.181 e. The van der Waals surface area contributed by atoms with E-state index in [0.717, 1.165) is 21.9 Å². The molecule has 1 unspecified atom stereocenters. The Hall–Kier alpha value is -1.87. The van der Waals surface area contributed by atoms with Crippen molar-refractivity contribution in [2.75, 3.05) is 0 Å². The first kappa shape index (κ1) is 12.2. The van der Waals surface area contributed by atoms with Crippen LogP contribution in [0.15, 0.2) is 64.5 Å². The summed E-state index contributed by atoms with van der Waals surface area (Å²) in [5.74, 6) is 0.126. The number of nitrogens with zero attached hydrogens (tertiary/aromatic N) is 1. The number of para-hydroxylation sites is 1. The summed E-state index contributed by atoms with van der Waals surface area (Å²) in [6, 6.07) is 17.4. The molecule has 19 heavy (non-hydrogen) atoms. The summed E-state index contributed by atoms with van der Waals surface area (Å²) in [5.41, 5.74) is 2.58. The van der Waals surface area contributed by atoms with Crippen LogP contribution in [0.5, 0.6) is 0 Å². The Morgan fingerprint density at radius 1 is 1.05 bits per heavy atom. The number of carbonyl (C=O) groups is 1. The fourth-order valence-corrected chi connectivity index (χ4v) is 3.22. The minimum absolute atomic E-state index is 0.126. The van der Waals surface area contributed by atoms with Gasteiger partial charge in [0.1, 0.15) is 5.25 Å². The number of benzene rings is 2. The van der Waals surface area contributed by atoms with Gasteiger partial charge in [0.15, 0.2) is 5.78 Å². The van der Waals surface area contributed by atoms with Crippen molar-refractivity contribution < 1.29 is 4.79 Å². The van der Waals surface area contributed by atoms with Crippen molar-refractivity contribution in [3.8, 4) is 0 Å². The maximum atomic E-state index is 12.5. The van der Waals surface area contributed by atoms with Crippen LogP contribution in [0.3, 0.4) is 0 Å². The van der Waals surface area contributed by atoms with Crippen molar-refractivity contribution in [1.82, 2.24) is 0 Å². The second-order valence-electron chi connectivity index (χ2n) is 4.45. The first-order chi connectivity index (χ1) is 9.25. The van der Waals surface area contributed by atoms with Gasteiger partial charge in [-0.2, -0.15) is 0 Å². The van der Waals surface area contributed by atoms with Crippen LogP contribution in [0, 0.1) is 0 Å². The first-order valence-electron chi connectivity index (χ1n) is 6.16. The molecular weight excluding hydrogens is 254 g/mol. The van der Waals surface area contributed by atoms with Gasteiger partial charge in [0.25, 0.3) is 0 Å². The monoisotopic (exact) mass is 267 g/mol. The Labute approximate surface area is 116 Å². The summed E-state index contributed by atoms with van der Waals surface area (Å²) < 4.78 is 0. The first-order valence-corrected chi connectivity index (χ1v) is 7.04. The lowest BCUT2D eigenvalue weighted by Gasteiger charge is -2.21. The van der Waals surface area contributed by atoms with E-state index in [9.17, 15) is 4.79 Å². The molecule has 0 saturated heterocycles. The molecule has 2 aromatic carbocycles. The zero-order valence-corrected chi connectivity index (χ0v) is 11.4. The molecule has 3 heteroatoms. The van der Waals surface area contributed by atoms with Crippen LogP contribution in [0.25, 0.3) is 0 Å². The number of fused-ring (bicyclic) bond motifs is 1. The summed E-state index contributed by atoms with van der Waals surface area (Å²) in [6.07, 6.45) is 0. The lowest BCUT2D eigenvalue weighted by atomic mass is 10.1. The molecule has 1 heterocycles. The topological polar surface area (TPSA) is 29.4 Å². The van der Waals surface area contributed by atoms with Crippen molar-refractivity contribution >= 4 is 28.9 Å². The predicted molar refractivity (Wildman–Crippen MR) is 79.6 cm³/mol. The molecule has 0 amide bonds. The normalized spacial score (nSPS) is 17.5. The minimum Gasteiger partial charge on any atom is -0.292 e. The Balaban J connectivity index is 1.95. The van der Waals surface area contributed by atoms with E-state index in [1.807, 2.05) is 61.5 Å². The third-order valence-corrected chi connectivity index (χ3v) is 4.47. The van der Waals surface area contributed by atoms with E-state index in [4.69, 9.17) is 0 Å².